The van der Waals surface area contributed by atoms with Crippen LogP contribution < -0.4 is 10.6 Å². The van der Waals surface area contributed by atoms with Crippen molar-refractivity contribution < 1.29 is 9.53 Å². The zero-order valence-corrected chi connectivity index (χ0v) is 11.7. The molecule has 6 nitrogen and oxygen atoms in total. The number of hydrogen-bond acceptors (Lipinski definition) is 4. The number of ether oxygens (including phenoxy) is 1. The van der Waals surface area contributed by atoms with Crippen LogP contribution in [0.2, 0.25) is 0 Å². The lowest BCUT2D eigenvalue weighted by molar-refractivity contribution is -0.122. The lowest BCUT2D eigenvalue weighted by Crippen LogP contribution is -2.51. The van der Waals surface area contributed by atoms with Crippen molar-refractivity contribution in [2.24, 2.45) is 17.6 Å². The fourth-order valence-corrected chi connectivity index (χ4v) is 3.58. The standard InChI is InChI=1S/C15H18N4O2/c16-15(20)10-3-11-7-21-8-14(11)19(6-10)12-1-2-13-9(4-12)5-17-18-13/h1-2,4-5,10-11,14H,3,6-8H2,(H2,16,20)(H,17,18). The van der Waals surface area contributed by atoms with Crippen LogP contribution in [0.25, 0.3) is 10.9 Å². The average molecular weight is 286 g/mol. The quantitative estimate of drug-likeness (QED) is 0.858. The number of nitrogens with zero attached hydrogens (tertiary/aromatic N) is 2. The molecule has 0 spiro atoms. The van der Waals surface area contributed by atoms with Gasteiger partial charge in [-0.1, -0.05) is 0 Å². The second-order valence-electron chi connectivity index (χ2n) is 5.99. The number of carbonyl (C=O) groups is 1. The summed E-state index contributed by atoms with van der Waals surface area (Å²) in [5, 5.41) is 8.08. The highest BCUT2D eigenvalue weighted by Gasteiger charge is 2.41. The van der Waals surface area contributed by atoms with E-state index in [9.17, 15) is 4.79 Å². The minimum absolute atomic E-state index is 0.104. The van der Waals surface area contributed by atoms with Crippen molar-refractivity contribution in [1.29, 1.82) is 0 Å². The first-order chi connectivity index (χ1) is 10.2. The van der Waals surface area contributed by atoms with E-state index in [0.717, 1.165) is 36.2 Å². The Balaban J connectivity index is 1.71. The van der Waals surface area contributed by atoms with Crippen molar-refractivity contribution in [2.45, 2.75) is 12.5 Å². The number of piperidine rings is 1. The Hall–Kier alpha value is -2.08. The fraction of sp³-hybridized carbons (Fsp3) is 0.467. The molecule has 3 unspecified atom stereocenters. The Morgan fingerprint density at radius 2 is 2.33 bits per heavy atom. The number of nitrogens with two attached hydrogens (primary N) is 1. The van der Waals surface area contributed by atoms with Crippen molar-refractivity contribution >= 4 is 22.5 Å². The monoisotopic (exact) mass is 286 g/mol. The Morgan fingerprint density at radius 3 is 3.19 bits per heavy atom. The third-order valence-corrected chi connectivity index (χ3v) is 4.73. The number of rotatable bonds is 2. The number of H-pyrrole nitrogens is 1. The number of anilines is 1. The van der Waals surface area contributed by atoms with Gasteiger partial charge in [0.25, 0.3) is 0 Å². The summed E-state index contributed by atoms with van der Waals surface area (Å²) in [6, 6.07) is 6.54. The van der Waals surface area contributed by atoms with Gasteiger partial charge < -0.3 is 15.4 Å². The molecule has 2 aromatic rings. The minimum Gasteiger partial charge on any atom is -0.379 e. The van der Waals surface area contributed by atoms with Crippen LogP contribution in [0.5, 0.6) is 0 Å². The largest absolute Gasteiger partial charge is 0.379 e. The van der Waals surface area contributed by atoms with Crippen LogP contribution in [0.1, 0.15) is 6.42 Å². The van der Waals surface area contributed by atoms with Gasteiger partial charge in [0.05, 0.1) is 36.9 Å². The third kappa shape index (κ3) is 2.06. The highest BCUT2D eigenvalue weighted by molar-refractivity contribution is 5.83. The van der Waals surface area contributed by atoms with Crippen molar-refractivity contribution in [3.63, 3.8) is 0 Å². The lowest BCUT2D eigenvalue weighted by Gasteiger charge is -2.41. The van der Waals surface area contributed by atoms with Crippen molar-refractivity contribution in [3.8, 4) is 0 Å². The molecule has 2 fully saturated rings. The highest BCUT2D eigenvalue weighted by atomic mass is 16.5. The van der Waals surface area contributed by atoms with Crippen LogP contribution in [0, 0.1) is 11.8 Å². The number of nitrogens with one attached hydrogen (secondary N) is 1. The first-order valence-corrected chi connectivity index (χ1v) is 7.29. The van der Waals surface area contributed by atoms with Gasteiger partial charge >= 0.3 is 0 Å². The molecule has 1 aromatic heterocycles. The van der Waals surface area contributed by atoms with E-state index in [1.807, 2.05) is 12.3 Å². The second kappa shape index (κ2) is 4.73. The van der Waals surface area contributed by atoms with Gasteiger partial charge in [0.15, 0.2) is 0 Å². The van der Waals surface area contributed by atoms with Gasteiger partial charge in [-0.05, 0) is 24.6 Å². The Kier molecular flexibility index (Phi) is 2.85. The summed E-state index contributed by atoms with van der Waals surface area (Å²) in [7, 11) is 0. The normalized spacial score (nSPS) is 28.8. The molecule has 2 aliphatic rings. The molecule has 0 saturated carbocycles. The van der Waals surface area contributed by atoms with Gasteiger partial charge in [0.1, 0.15) is 0 Å². The van der Waals surface area contributed by atoms with E-state index in [-0.39, 0.29) is 11.8 Å². The predicted molar refractivity (Wildman–Crippen MR) is 78.8 cm³/mol. The maximum Gasteiger partial charge on any atom is 0.222 e. The Bertz CT molecular complexity index is 683. The molecule has 6 heteroatoms. The van der Waals surface area contributed by atoms with E-state index in [0.29, 0.717) is 18.5 Å². The Labute approximate surface area is 122 Å². The average Bonchev–Trinajstić information content (AvgIpc) is 3.13. The maximum atomic E-state index is 11.6. The summed E-state index contributed by atoms with van der Waals surface area (Å²) in [6.07, 6.45) is 2.65. The molecule has 0 bridgehead atoms. The zero-order chi connectivity index (χ0) is 14.4. The number of amides is 1. The first kappa shape index (κ1) is 12.6. The highest BCUT2D eigenvalue weighted by Crippen LogP contribution is 2.36. The summed E-state index contributed by atoms with van der Waals surface area (Å²) in [5.74, 6) is 0.0685. The predicted octanol–water partition coefficient (Wildman–Crippen LogP) is 0.889. The fourth-order valence-electron chi connectivity index (χ4n) is 3.58. The van der Waals surface area contributed by atoms with E-state index >= 15 is 0 Å². The van der Waals surface area contributed by atoms with Crippen molar-refractivity contribution in [3.05, 3.63) is 24.4 Å². The van der Waals surface area contributed by atoms with Crippen LogP contribution >= 0.6 is 0 Å². The molecule has 2 aliphatic heterocycles. The summed E-state index contributed by atoms with van der Waals surface area (Å²) < 4.78 is 5.63. The number of fused-ring (bicyclic) bond motifs is 2. The molecule has 2 saturated heterocycles. The molecule has 3 atom stereocenters. The van der Waals surface area contributed by atoms with Gasteiger partial charge in [-0.3, -0.25) is 9.89 Å². The van der Waals surface area contributed by atoms with E-state index in [2.05, 4.69) is 27.2 Å². The summed E-state index contributed by atoms with van der Waals surface area (Å²) in [6.45, 7) is 2.11. The van der Waals surface area contributed by atoms with E-state index < -0.39 is 0 Å². The van der Waals surface area contributed by atoms with Crippen LogP contribution in [-0.4, -0.2) is 41.9 Å². The smallest absolute Gasteiger partial charge is 0.222 e. The number of carbonyl (C=O) groups excluding carboxylic acids is 1. The number of hydrogen-bond donors (Lipinski definition) is 2. The number of aromatic amines is 1. The van der Waals surface area contributed by atoms with Gasteiger partial charge in [0.2, 0.25) is 5.91 Å². The summed E-state index contributed by atoms with van der Waals surface area (Å²) in [4.78, 5) is 13.9. The Morgan fingerprint density at radius 1 is 1.43 bits per heavy atom. The molecule has 0 radical (unpaired) electrons. The molecule has 4 rings (SSSR count). The van der Waals surface area contributed by atoms with E-state index in [4.69, 9.17) is 10.5 Å². The molecule has 3 N–H and O–H groups in total. The van der Waals surface area contributed by atoms with E-state index in [1.165, 1.54) is 0 Å². The van der Waals surface area contributed by atoms with Gasteiger partial charge in [0, 0.05) is 23.5 Å². The second-order valence-corrected chi connectivity index (χ2v) is 5.99. The molecule has 0 aliphatic carbocycles. The number of benzene rings is 1. The van der Waals surface area contributed by atoms with Gasteiger partial charge in [-0.2, -0.15) is 5.10 Å². The molecule has 1 amide bonds. The topological polar surface area (TPSA) is 84.2 Å². The van der Waals surface area contributed by atoms with Crippen LogP contribution in [0.15, 0.2) is 24.4 Å². The molecular weight excluding hydrogens is 268 g/mol. The molecule has 21 heavy (non-hydrogen) atoms. The van der Waals surface area contributed by atoms with Gasteiger partial charge in [-0.25, -0.2) is 0 Å². The van der Waals surface area contributed by atoms with Crippen LogP contribution in [0.3, 0.4) is 0 Å². The van der Waals surface area contributed by atoms with Crippen molar-refractivity contribution in [2.75, 3.05) is 24.7 Å². The van der Waals surface area contributed by atoms with Gasteiger partial charge in [-0.15, -0.1) is 0 Å². The lowest BCUT2D eigenvalue weighted by atomic mass is 9.84. The summed E-state index contributed by atoms with van der Waals surface area (Å²) in [5.41, 5.74) is 7.66. The minimum atomic E-state index is -0.213. The number of aromatic nitrogens is 2. The summed E-state index contributed by atoms with van der Waals surface area (Å²) >= 11 is 0. The molecule has 110 valence electrons. The first-order valence-electron chi connectivity index (χ1n) is 7.29. The van der Waals surface area contributed by atoms with E-state index in [1.54, 1.807) is 0 Å². The SMILES string of the molecule is NC(=O)C1CC2COCC2N(c2ccc3[nH]ncc3c2)C1. The zero-order valence-electron chi connectivity index (χ0n) is 11.7. The third-order valence-electron chi connectivity index (χ3n) is 4.73. The maximum absolute atomic E-state index is 11.6. The molecule has 3 heterocycles. The number of primary amides is 1. The van der Waals surface area contributed by atoms with Crippen LogP contribution in [-0.2, 0) is 9.53 Å². The molecular formula is C15H18N4O2. The van der Waals surface area contributed by atoms with Crippen molar-refractivity contribution in [1.82, 2.24) is 10.2 Å². The van der Waals surface area contributed by atoms with Crippen LogP contribution in [0.4, 0.5) is 5.69 Å². The molecule has 1 aromatic carbocycles.